The van der Waals surface area contributed by atoms with E-state index in [1.54, 1.807) is 7.11 Å². The highest BCUT2D eigenvalue weighted by molar-refractivity contribution is 5.51. The molecule has 1 N–H and O–H groups in total. The standard InChI is InChI=1S/C17H24N4O/c1-20-13-19-11-16(20)10-18-9-14-6-7-21(12-14)15-4-3-5-17(8-15)22-2/h3-5,8,11,13-14,18H,6-7,9-10,12H2,1-2H3/t14-/m1/s1. The second-order valence-corrected chi connectivity index (χ2v) is 5.93. The minimum absolute atomic E-state index is 0.694. The van der Waals surface area contributed by atoms with E-state index in [0.717, 1.165) is 31.9 Å². The van der Waals surface area contributed by atoms with Crippen LogP contribution in [0.15, 0.2) is 36.8 Å². The Labute approximate surface area is 131 Å². The van der Waals surface area contributed by atoms with Crippen LogP contribution in [0.25, 0.3) is 0 Å². The summed E-state index contributed by atoms with van der Waals surface area (Å²) in [4.78, 5) is 6.59. The van der Waals surface area contributed by atoms with Gasteiger partial charge in [0.25, 0.3) is 0 Å². The molecule has 1 saturated heterocycles. The first-order valence-electron chi connectivity index (χ1n) is 7.81. The van der Waals surface area contributed by atoms with Gasteiger partial charge in [0.2, 0.25) is 0 Å². The van der Waals surface area contributed by atoms with E-state index in [4.69, 9.17) is 4.74 Å². The Balaban J connectivity index is 1.48. The summed E-state index contributed by atoms with van der Waals surface area (Å²) < 4.78 is 7.37. The number of nitrogens with one attached hydrogen (secondary N) is 1. The number of ether oxygens (including phenoxy) is 1. The molecule has 1 aliphatic rings. The second-order valence-electron chi connectivity index (χ2n) is 5.93. The molecule has 5 heteroatoms. The lowest BCUT2D eigenvalue weighted by Crippen LogP contribution is -2.26. The second kappa shape index (κ2) is 6.83. The van der Waals surface area contributed by atoms with Crippen molar-refractivity contribution in [3.63, 3.8) is 0 Å². The first kappa shape index (κ1) is 14.9. The number of methoxy groups -OCH3 is 1. The molecule has 1 aliphatic heterocycles. The number of rotatable bonds is 6. The zero-order valence-electron chi connectivity index (χ0n) is 13.3. The first-order chi connectivity index (χ1) is 10.8. The molecule has 2 heterocycles. The molecular weight excluding hydrogens is 276 g/mol. The minimum atomic E-state index is 0.694. The number of hydrogen-bond acceptors (Lipinski definition) is 4. The van der Waals surface area contributed by atoms with Gasteiger partial charge in [0, 0.05) is 51.2 Å². The van der Waals surface area contributed by atoms with Gasteiger partial charge in [-0.15, -0.1) is 0 Å². The number of aryl methyl sites for hydroxylation is 1. The quantitative estimate of drug-likeness (QED) is 0.886. The summed E-state index contributed by atoms with van der Waals surface area (Å²) >= 11 is 0. The first-order valence-corrected chi connectivity index (χ1v) is 7.81. The highest BCUT2D eigenvalue weighted by Crippen LogP contribution is 2.26. The van der Waals surface area contributed by atoms with E-state index in [-0.39, 0.29) is 0 Å². The van der Waals surface area contributed by atoms with Crippen molar-refractivity contribution in [2.24, 2.45) is 13.0 Å². The summed E-state index contributed by atoms with van der Waals surface area (Å²) in [6.07, 6.45) is 5.00. The van der Waals surface area contributed by atoms with E-state index in [2.05, 4.69) is 38.0 Å². The summed E-state index contributed by atoms with van der Waals surface area (Å²) in [7, 11) is 3.75. The van der Waals surface area contributed by atoms with Gasteiger partial charge in [0.1, 0.15) is 5.75 Å². The largest absolute Gasteiger partial charge is 0.497 e. The van der Waals surface area contributed by atoms with Crippen LogP contribution < -0.4 is 15.0 Å². The van der Waals surface area contributed by atoms with E-state index >= 15 is 0 Å². The number of anilines is 1. The van der Waals surface area contributed by atoms with Crippen molar-refractivity contribution in [1.29, 1.82) is 0 Å². The summed E-state index contributed by atoms with van der Waals surface area (Å²) in [5, 5.41) is 3.55. The van der Waals surface area contributed by atoms with E-state index in [9.17, 15) is 0 Å². The number of imidazole rings is 1. The fraction of sp³-hybridized carbons (Fsp3) is 0.471. The summed E-state index contributed by atoms with van der Waals surface area (Å²) in [5.74, 6) is 1.62. The van der Waals surface area contributed by atoms with Crippen LogP contribution in [-0.2, 0) is 13.6 Å². The molecule has 1 fully saturated rings. The van der Waals surface area contributed by atoms with Crippen molar-refractivity contribution >= 4 is 5.69 Å². The van der Waals surface area contributed by atoms with E-state index in [1.807, 2.05) is 25.6 Å². The minimum Gasteiger partial charge on any atom is -0.497 e. The lowest BCUT2D eigenvalue weighted by molar-refractivity contribution is 0.415. The molecule has 5 nitrogen and oxygen atoms in total. The van der Waals surface area contributed by atoms with Crippen molar-refractivity contribution < 1.29 is 4.74 Å². The molecule has 1 atom stereocenters. The van der Waals surface area contributed by atoms with Crippen LogP contribution in [0, 0.1) is 5.92 Å². The Kier molecular flexibility index (Phi) is 4.63. The summed E-state index contributed by atoms with van der Waals surface area (Å²) in [5.41, 5.74) is 2.48. The predicted molar refractivity (Wildman–Crippen MR) is 88.2 cm³/mol. The lowest BCUT2D eigenvalue weighted by atomic mass is 10.1. The van der Waals surface area contributed by atoms with Gasteiger partial charge in [-0.3, -0.25) is 0 Å². The molecule has 22 heavy (non-hydrogen) atoms. The lowest BCUT2D eigenvalue weighted by Gasteiger charge is -2.19. The van der Waals surface area contributed by atoms with Crippen molar-refractivity contribution in [2.45, 2.75) is 13.0 Å². The smallest absolute Gasteiger partial charge is 0.120 e. The van der Waals surface area contributed by atoms with Gasteiger partial charge in [0.15, 0.2) is 0 Å². The van der Waals surface area contributed by atoms with Crippen LogP contribution in [0.4, 0.5) is 5.69 Å². The molecule has 1 aromatic carbocycles. The average Bonchev–Trinajstić information content (AvgIpc) is 3.17. The molecule has 0 radical (unpaired) electrons. The zero-order chi connectivity index (χ0) is 15.4. The summed E-state index contributed by atoms with van der Waals surface area (Å²) in [6.45, 7) is 4.15. The van der Waals surface area contributed by atoms with Crippen LogP contribution in [-0.4, -0.2) is 36.3 Å². The predicted octanol–water partition coefficient (Wildman–Crippen LogP) is 2.04. The molecule has 3 rings (SSSR count). The average molecular weight is 300 g/mol. The molecule has 0 bridgehead atoms. The third kappa shape index (κ3) is 3.42. The monoisotopic (exact) mass is 300 g/mol. The molecule has 118 valence electrons. The van der Waals surface area contributed by atoms with Gasteiger partial charge in [-0.25, -0.2) is 4.98 Å². The third-order valence-corrected chi connectivity index (χ3v) is 4.36. The van der Waals surface area contributed by atoms with Crippen molar-refractivity contribution in [2.75, 3.05) is 31.6 Å². The number of aromatic nitrogens is 2. The van der Waals surface area contributed by atoms with Gasteiger partial charge >= 0.3 is 0 Å². The van der Waals surface area contributed by atoms with Crippen molar-refractivity contribution in [1.82, 2.24) is 14.9 Å². The van der Waals surface area contributed by atoms with Crippen LogP contribution in [0.2, 0.25) is 0 Å². The van der Waals surface area contributed by atoms with Crippen molar-refractivity contribution in [3.05, 3.63) is 42.5 Å². The molecule has 2 aromatic rings. The normalized spacial score (nSPS) is 17.9. The molecule has 1 aromatic heterocycles. The fourth-order valence-corrected chi connectivity index (χ4v) is 3.00. The van der Waals surface area contributed by atoms with E-state index in [0.29, 0.717) is 5.92 Å². The Hall–Kier alpha value is -2.01. The highest BCUT2D eigenvalue weighted by atomic mass is 16.5. The van der Waals surface area contributed by atoms with Gasteiger partial charge in [-0.2, -0.15) is 0 Å². The zero-order valence-corrected chi connectivity index (χ0v) is 13.3. The maximum atomic E-state index is 5.31. The fourth-order valence-electron chi connectivity index (χ4n) is 3.00. The topological polar surface area (TPSA) is 42.3 Å². The highest BCUT2D eigenvalue weighted by Gasteiger charge is 2.22. The van der Waals surface area contributed by atoms with Gasteiger partial charge in [-0.1, -0.05) is 6.07 Å². The van der Waals surface area contributed by atoms with Gasteiger partial charge in [-0.05, 0) is 24.5 Å². The molecule has 0 aliphatic carbocycles. The number of nitrogens with zero attached hydrogens (tertiary/aromatic N) is 3. The Bertz CT molecular complexity index is 610. The maximum absolute atomic E-state index is 5.31. The third-order valence-electron chi connectivity index (χ3n) is 4.36. The Morgan fingerprint density at radius 2 is 2.32 bits per heavy atom. The van der Waals surface area contributed by atoms with Crippen LogP contribution in [0.1, 0.15) is 12.1 Å². The summed E-state index contributed by atoms with van der Waals surface area (Å²) in [6, 6.07) is 8.33. The molecule has 0 saturated carbocycles. The van der Waals surface area contributed by atoms with Crippen LogP contribution in [0.3, 0.4) is 0 Å². The maximum Gasteiger partial charge on any atom is 0.120 e. The van der Waals surface area contributed by atoms with Gasteiger partial charge in [0.05, 0.1) is 19.1 Å². The van der Waals surface area contributed by atoms with E-state index < -0.39 is 0 Å². The number of hydrogen-bond donors (Lipinski definition) is 1. The van der Waals surface area contributed by atoms with Crippen molar-refractivity contribution in [3.8, 4) is 5.75 Å². The van der Waals surface area contributed by atoms with Gasteiger partial charge < -0.3 is 19.5 Å². The molecular formula is C17H24N4O. The Morgan fingerprint density at radius 1 is 1.41 bits per heavy atom. The SMILES string of the molecule is COc1cccc(N2CC[C@H](CNCc3cncn3C)C2)c1. The molecule has 0 amide bonds. The molecule has 0 spiro atoms. The van der Waals surface area contributed by atoms with Crippen LogP contribution in [0.5, 0.6) is 5.75 Å². The number of benzene rings is 1. The Morgan fingerprint density at radius 3 is 3.09 bits per heavy atom. The van der Waals surface area contributed by atoms with E-state index in [1.165, 1.54) is 17.8 Å². The molecule has 0 unspecified atom stereocenters. The van der Waals surface area contributed by atoms with Crippen LogP contribution >= 0.6 is 0 Å².